The number of rotatable bonds is 2. The van der Waals surface area contributed by atoms with Gasteiger partial charge in [-0.1, -0.05) is 6.07 Å². The van der Waals surface area contributed by atoms with Gasteiger partial charge in [0.2, 0.25) is 5.69 Å². The topological polar surface area (TPSA) is 33.3 Å². The molecular formula is C18H17INO2+. The lowest BCUT2D eigenvalue weighted by atomic mass is 10.1. The average Bonchev–Trinajstić information content (AvgIpc) is 2.66. The standard InChI is InChI=1S/C18H16INO2/c1-11-17-15(21)5-4-6-16(22-3)18(17)12(2)20(11)14-9-7-13(19)8-10-14/h4-10H,1-3H3/p+1. The van der Waals surface area contributed by atoms with Crippen LogP contribution in [0.15, 0.2) is 42.5 Å². The predicted molar refractivity (Wildman–Crippen MR) is 95.0 cm³/mol. The Hall–Kier alpha value is -1.82. The second-order valence-electron chi connectivity index (χ2n) is 5.21. The SMILES string of the molecule is COc1cccc(O)c2c(C)[n+](-c3ccc(I)cc3)c(C)c1-2. The molecule has 0 bridgehead atoms. The van der Waals surface area contributed by atoms with Gasteiger partial charge in [0.05, 0.1) is 7.11 Å². The summed E-state index contributed by atoms with van der Waals surface area (Å²) in [5.41, 5.74) is 4.91. The molecule has 1 heterocycles. The summed E-state index contributed by atoms with van der Waals surface area (Å²) >= 11 is 2.30. The Labute approximate surface area is 143 Å². The predicted octanol–water partition coefficient (Wildman–Crippen LogP) is 4.00. The third-order valence-electron chi connectivity index (χ3n) is 3.95. The lowest BCUT2D eigenvalue weighted by molar-refractivity contribution is -0.604. The van der Waals surface area contributed by atoms with Crippen molar-refractivity contribution in [3.05, 3.63) is 57.4 Å². The minimum Gasteiger partial charge on any atom is -0.507 e. The van der Waals surface area contributed by atoms with Crippen molar-refractivity contribution in [3.8, 4) is 28.3 Å². The van der Waals surface area contributed by atoms with E-state index < -0.39 is 0 Å². The number of halogens is 1. The molecule has 0 radical (unpaired) electrons. The van der Waals surface area contributed by atoms with Gasteiger partial charge in [0, 0.05) is 29.6 Å². The highest BCUT2D eigenvalue weighted by Crippen LogP contribution is 2.41. The zero-order chi connectivity index (χ0) is 15.9. The van der Waals surface area contributed by atoms with Crippen LogP contribution in [0.1, 0.15) is 11.4 Å². The van der Waals surface area contributed by atoms with Gasteiger partial charge in [0.15, 0.2) is 11.4 Å². The van der Waals surface area contributed by atoms with Gasteiger partial charge in [-0.2, -0.15) is 4.57 Å². The van der Waals surface area contributed by atoms with E-state index in [1.54, 1.807) is 13.2 Å². The molecule has 0 amide bonds. The van der Waals surface area contributed by atoms with Gasteiger partial charge in [0.25, 0.3) is 0 Å². The van der Waals surface area contributed by atoms with Crippen molar-refractivity contribution in [1.82, 2.24) is 0 Å². The first-order valence-corrected chi connectivity index (χ1v) is 8.09. The lowest BCUT2D eigenvalue weighted by Gasteiger charge is -2.01. The van der Waals surface area contributed by atoms with Gasteiger partial charge in [-0.25, -0.2) is 0 Å². The van der Waals surface area contributed by atoms with Crippen molar-refractivity contribution in [2.24, 2.45) is 0 Å². The van der Waals surface area contributed by atoms with Crippen LogP contribution in [0.5, 0.6) is 11.5 Å². The van der Waals surface area contributed by atoms with Crippen LogP contribution < -0.4 is 9.30 Å². The fourth-order valence-corrected chi connectivity index (χ4v) is 3.35. The zero-order valence-corrected chi connectivity index (χ0v) is 14.9. The number of ether oxygens (including phenoxy) is 1. The molecule has 3 nitrogen and oxygen atoms in total. The number of methoxy groups -OCH3 is 1. The van der Waals surface area contributed by atoms with Crippen LogP contribution in [0.25, 0.3) is 16.8 Å². The van der Waals surface area contributed by atoms with E-state index in [0.29, 0.717) is 0 Å². The highest BCUT2D eigenvalue weighted by Gasteiger charge is 2.32. The molecule has 4 heteroatoms. The molecule has 1 aromatic rings. The van der Waals surface area contributed by atoms with Crippen molar-refractivity contribution in [2.45, 2.75) is 13.8 Å². The molecule has 1 aliphatic heterocycles. The summed E-state index contributed by atoms with van der Waals surface area (Å²) < 4.78 is 8.87. The van der Waals surface area contributed by atoms with E-state index in [9.17, 15) is 5.11 Å². The Morgan fingerprint density at radius 2 is 1.59 bits per heavy atom. The zero-order valence-electron chi connectivity index (χ0n) is 12.7. The molecule has 0 spiro atoms. The number of aromatic nitrogens is 1. The molecular weight excluding hydrogens is 389 g/mol. The Morgan fingerprint density at radius 1 is 0.955 bits per heavy atom. The van der Waals surface area contributed by atoms with E-state index in [1.807, 2.05) is 19.1 Å². The molecule has 112 valence electrons. The van der Waals surface area contributed by atoms with Crippen molar-refractivity contribution in [2.75, 3.05) is 7.11 Å². The van der Waals surface area contributed by atoms with E-state index in [2.05, 4.69) is 58.3 Å². The quantitative estimate of drug-likeness (QED) is 0.516. The molecule has 0 unspecified atom stereocenters. The normalized spacial score (nSPS) is 10.9. The van der Waals surface area contributed by atoms with Crippen LogP contribution in [0, 0.1) is 17.4 Å². The number of hydrogen-bond donors (Lipinski definition) is 1. The molecule has 0 fully saturated rings. The molecule has 0 saturated carbocycles. The fraction of sp³-hybridized carbons (Fsp3) is 0.167. The molecule has 1 aromatic carbocycles. The van der Waals surface area contributed by atoms with E-state index in [0.717, 1.165) is 34.0 Å². The maximum absolute atomic E-state index is 10.4. The van der Waals surface area contributed by atoms with E-state index in [-0.39, 0.29) is 5.75 Å². The van der Waals surface area contributed by atoms with Crippen LogP contribution in [0.4, 0.5) is 0 Å². The van der Waals surface area contributed by atoms with Crippen LogP contribution in [0.3, 0.4) is 0 Å². The molecule has 2 aliphatic rings. The smallest absolute Gasteiger partial charge is 0.211 e. The number of nitrogens with zero attached hydrogens (tertiary/aromatic N) is 1. The number of hydrogen-bond acceptors (Lipinski definition) is 2. The monoisotopic (exact) mass is 406 g/mol. The maximum Gasteiger partial charge on any atom is 0.211 e. The Morgan fingerprint density at radius 3 is 2.23 bits per heavy atom. The second kappa shape index (κ2) is 5.76. The first-order valence-electron chi connectivity index (χ1n) is 7.01. The molecule has 3 rings (SSSR count). The third-order valence-corrected chi connectivity index (χ3v) is 4.67. The average molecular weight is 406 g/mol. The van der Waals surface area contributed by atoms with Gasteiger partial charge >= 0.3 is 0 Å². The minimum absolute atomic E-state index is 0.267. The van der Waals surface area contributed by atoms with Crippen molar-refractivity contribution in [3.63, 3.8) is 0 Å². The van der Waals surface area contributed by atoms with Gasteiger partial charge in [-0.15, -0.1) is 0 Å². The largest absolute Gasteiger partial charge is 0.507 e. The van der Waals surface area contributed by atoms with Crippen LogP contribution in [0.2, 0.25) is 0 Å². The van der Waals surface area contributed by atoms with Crippen molar-refractivity contribution >= 4 is 22.6 Å². The molecule has 1 N–H and O–H groups in total. The lowest BCUT2D eigenvalue weighted by Crippen LogP contribution is -2.34. The van der Waals surface area contributed by atoms with E-state index in [4.69, 9.17) is 4.74 Å². The second-order valence-corrected chi connectivity index (χ2v) is 6.46. The first-order chi connectivity index (χ1) is 10.5. The summed E-state index contributed by atoms with van der Waals surface area (Å²) in [6.45, 7) is 4.07. The van der Waals surface area contributed by atoms with Gasteiger partial charge in [-0.05, 0) is 46.9 Å². The summed E-state index contributed by atoms with van der Waals surface area (Å²) in [7, 11) is 1.66. The van der Waals surface area contributed by atoms with Gasteiger partial charge in [-0.3, -0.25) is 0 Å². The highest BCUT2D eigenvalue weighted by molar-refractivity contribution is 14.1. The number of fused-ring (bicyclic) bond motifs is 1. The Kier molecular flexibility index (Phi) is 3.95. The fourth-order valence-electron chi connectivity index (χ4n) is 2.99. The summed E-state index contributed by atoms with van der Waals surface area (Å²) in [5.74, 6) is 1.03. The molecule has 22 heavy (non-hydrogen) atoms. The summed E-state index contributed by atoms with van der Waals surface area (Å²) in [6, 6.07) is 13.7. The Bertz CT molecular complexity index is 812. The Balaban J connectivity index is 2.39. The highest BCUT2D eigenvalue weighted by atomic mass is 127. The molecule has 0 aromatic heterocycles. The maximum atomic E-state index is 10.4. The minimum atomic E-state index is 0.267. The third kappa shape index (κ3) is 2.31. The first kappa shape index (κ1) is 15.1. The van der Waals surface area contributed by atoms with E-state index >= 15 is 0 Å². The van der Waals surface area contributed by atoms with Crippen LogP contribution in [-0.2, 0) is 0 Å². The van der Waals surface area contributed by atoms with Crippen LogP contribution >= 0.6 is 22.6 Å². The van der Waals surface area contributed by atoms with Gasteiger partial charge < -0.3 is 9.84 Å². The molecule has 0 atom stereocenters. The summed E-state index contributed by atoms with van der Waals surface area (Å²) in [4.78, 5) is 0. The molecule has 1 aliphatic carbocycles. The van der Waals surface area contributed by atoms with Crippen molar-refractivity contribution < 1.29 is 14.4 Å². The summed E-state index contributed by atoms with van der Waals surface area (Å²) in [5, 5.41) is 10.4. The van der Waals surface area contributed by atoms with Crippen LogP contribution in [-0.4, -0.2) is 12.2 Å². The summed E-state index contributed by atoms with van der Waals surface area (Å²) in [6.07, 6.45) is 0. The van der Waals surface area contributed by atoms with Crippen molar-refractivity contribution in [1.29, 1.82) is 0 Å². The van der Waals surface area contributed by atoms with Gasteiger partial charge in [0.1, 0.15) is 22.6 Å². The molecule has 0 saturated heterocycles. The number of aromatic hydroxyl groups is 1. The number of benzene rings is 1. The van der Waals surface area contributed by atoms with E-state index in [1.165, 1.54) is 3.57 Å².